The molecule has 0 aliphatic rings. The minimum absolute atomic E-state index is 0.541. The minimum Gasteiger partial charge on any atom is -0.494 e. The Hall–Kier alpha value is -2.65. The van der Waals surface area contributed by atoms with E-state index < -0.39 is 0 Å². The number of hydrogen-bond donors (Lipinski definition) is 1. The highest BCUT2D eigenvalue weighted by Gasteiger charge is 2.08. The highest BCUT2D eigenvalue weighted by molar-refractivity contribution is 7.22. The van der Waals surface area contributed by atoms with Crippen LogP contribution in [-0.2, 0) is 0 Å². The number of ether oxygens (including phenoxy) is 1. The molecule has 2 heterocycles. The van der Waals surface area contributed by atoms with Crippen molar-refractivity contribution in [1.82, 2.24) is 9.97 Å². The molecule has 21 heavy (non-hydrogen) atoms. The lowest BCUT2D eigenvalue weighted by molar-refractivity contribution is 0.341. The second kappa shape index (κ2) is 5.77. The first-order chi connectivity index (χ1) is 10.3. The molecule has 6 heteroatoms. The molecule has 5 nitrogen and oxygen atoms in total. The van der Waals surface area contributed by atoms with E-state index in [0.717, 1.165) is 21.1 Å². The Morgan fingerprint density at radius 3 is 3.10 bits per heavy atom. The highest BCUT2D eigenvalue weighted by atomic mass is 32.1. The van der Waals surface area contributed by atoms with Gasteiger partial charge in [-0.1, -0.05) is 11.3 Å². The van der Waals surface area contributed by atoms with Gasteiger partial charge in [0.05, 0.1) is 34.3 Å². The number of anilines is 2. The van der Waals surface area contributed by atoms with Gasteiger partial charge in [-0.25, -0.2) is 4.98 Å². The highest BCUT2D eigenvalue weighted by Crippen LogP contribution is 2.31. The molecule has 0 amide bonds. The van der Waals surface area contributed by atoms with Crippen LogP contribution >= 0.6 is 11.3 Å². The third-order valence-corrected chi connectivity index (χ3v) is 3.79. The number of pyridine rings is 1. The maximum atomic E-state index is 9.08. The molecule has 0 fully saturated rings. The van der Waals surface area contributed by atoms with E-state index in [1.807, 2.05) is 25.1 Å². The molecule has 0 bridgehead atoms. The molecule has 0 aliphatic carbocycles. The molecule has 2 aromatic heterocycles. The summed E-state index contributed by atoms with van der Waals surface area (Å²) in [6.07, 6.45) is 3.21. The van der Waals surface area contributed by atoms with Gasteiger partial charge in [0.1, 0.15) is 11.8 Å². The summed E-state index contributed by atoms with van der Waals surface area (Å²) >= 11 is 1.51. The van der Waals surface area contributed by atoms with Crippen molar-refractivity contribution in [3.63, 3.8) is 0 Å². The van der Waals surface area contributed by atoms with Gasteiger partial charge < -0.3 is 10.1 Å². The first kappa shape index (κ1) is 13.3. The monoisotopic (exact) mass is 296 g/mol. The van der Waals surface area contributed by atoms with Gasteiger partial charge in [0.25, 0.3) is 0 Å². The Balaban J connectivity index is 1.93. The van der Waals surface area contributed by atoms with Gasteiger partial charge in [-0.2, -0.15) is 5.26 Å². The molecular weight excluding hydrogens is 284 g/mol. The van der Waals surface area contributed by atoms with Crippen LogP contribution in [0.1, 0.15) is 12.5 Å². The molecule has 3 aromatic rings. The van der Waals surface area contributed by atoms with Crippen molar-refractivity contribution in [2.45, 2.75) is 6.92 Å². The van der Waals surface area contributed by atoms with E-state index in [9.17, 15) is 0 Å². The predicted molar refractivity (Wildman–Crippen MR) is 83.0 cm³/mol. The normalized spacial score (nSPS) is 10.3. The lowest BCUT2D eigenvalue weighted by Gasteiger charge is -2.02. The van der Waals surface area contributed by atoms with E-state index in [4.69, 9.17) is 10.00 Å². The summed E-state index contributed by atoms with van der Waals surface area (Å²) in [6.45, 7) is 2.59. The Kier molecular flexibility index (Phi) is 3.67. The number of nitrogens with one attached hydrogen (secondary N) is 1. The van der Waals surface area contributed by atoms with Crippen LogP contribution in [0.25, 0.3) is 10.2 Å². The Morgan fingerprint density at radius 1 is 1.38 bits per heavy atom. The van der Waals surface area contributed by atoms with Crippen molar-refractivity contribution in [2.24, 2.45) is 0 Å². The maximum absolute atomic E-state index is 9.08. The fourth-order valence-corrected chi connectivity index (χ4v) is 2.83. The Labute approximate surface area is 125 Å². The average molecular weight is 296 g/mol. The lowest BCUT2D eigenvalue weighted by Crippen LogP contribution is -1.93. The third kappa shape index (κ3) is 2.78. The second-order valence-electron chi connectivity index (χ2n) is 4.24. The van der Waals surface area contributed by atoms with Crippen molar-refractivity contribution < 1.29 is 4.74 Å². The summed E-state index contributed by atoms with van der Waals surface area (Å²) in [5.41, 5.74) is 2.09. The second-order valence-corrected chi connectivity index (χ2v) is 5.27. The number of hydrogen-bond acceptors (Lipinski definition) is 6. The molecule has 0 saturated carbocycles. The number of rotatable bonds is 4. The van der Waals surface area contributed by atoms with Crippen LogP contribution in [-0.4, -0.2) is 16.6 Å². The van der Waals surface area contributed by atoms with E-state index in [1.165, 1.54) is 11.3 Å². The van der Waals surface area contributed by atoms with Crippen LogP contribution in [0.15, 0.2) is 36.7 Å². The largest absolute Gasteiger partial charge is 0.494 e. The van der Waals surface area contributed by atoms with Crippen LogP contribution in [0.3, 0.4) is 0 Å². The van der Waals surface area contributed by atoms with E-state index >= 15 is 0 Å². The van der Waals surface area contributed by atoms with Gasteiger partial charge in [-0.15, -0.1) is 0 Å². The first-order valence-electron chi connectivity index (χ1n) is 6.44. The standard InChI is InChI=1S/C15H12N4OS/c1-2-20-11-3-4-12-14(7-11)21-15(18-12)19-13-9-17-6-5-10(13)8-16/h3-7,9H,2H2,1H3,(H,18,19). The van der Waals surface area contributed by atoms with Crippen LogP contribution in [0, 0.1) is 11.3 Å². The quantitative estimate of drug-likeness (QED) is 0.794. The van der Waals surface area contributed by atoms with Crippen molar-refractivity contribution in [1.29, 1.82) is 5.26 Å². The topological polar surface area (TPSA) is 70.8 Å². The van der Waals surface area contributed by atoms with Crippen molar-refractivity contribution in [2.75, 3.05) is 11.9 Å². The molecule has 104 valence electrons. The summed E-state index contributed by atoms with van der Waals surface area (Å²) in [5.74, 6) is 0.833. The Morgan fingerprint density at radius 2 is 2.29 bits per heavy atom. The van der Waals surface area contributed by atoms with Gasteiger partial charge >= 0.3 is 0 Å². The predicted octanol–water partition coefficient (Wildman–Crippen LogP) is 3.71. The molecule has 0 radical (unpaired) electrons. The van der Waals surface area contributed by atoms with Gasteiger partial charge in [0, 0.05) is 6.20 Å². The number of fused-ring (bicyclic) bond motifs is 1. The molecule has 0 spiro atoms. The molecule has 0 atom stereocenters. The third-order valence-electron chi connectivity index (χ3n) is 2.85. The van der Waals surface area contributed by atoms with Gasteiger partial charge in [0.2, 0.25) is 0 Å². The molecular formula is C15H12N4OS. The summed E-state index contributed by atoms with van der Waals surface area (Å²) in [6, 6.07) is 9.60. The van der Waals surface area contributed by atoms with Crippen LogP contribution in [0.5, 0.6) is 5.75 Å². The number of benzene rings is 1. The van der Waals surface area contributed by atoms with E-state index in [2.05, 4.69) is 21.4 Å². The van der Waals surface area contributed by atoms with Gasteiger partial charge in [-0.3, -0.25) is 4.98 Å². The van der Waals surface area contributed by atoms with E-state index in [1.54, 1.807) is 18.5 Å². The fourth-order valence-electron chi connectivity index (χ4n) is 1.92. The lowest BCUT2D eigenvalue weighted by atomic mass is 10.2. The molecule has 3 rings (SSSR count). The Bertz CT molecular complexity index is 822. The SMILES string of the molecule is CCOc1ccc2nc(Nc3cnccc3C#N)sc2c1. The van der Waals surface area contributed by atoms with E-state index in [0.29, 0.717) is 17.9 Å². The molecule has 0 aliphatic heterocycles. The number of nitrogens with zero attached hydrogens (tertiary/aromatic N) is 3. The summed E-state index contributed by atoms with van der Waals surface area (Å²) in [7, 11) is 0. The van der Waals surface area contributed by atoms with Crippen LogP contribution in [0.2, 0.25) is 0 Å². The van der Waals surface area contributed by atoms with E-state index in [-0.39, 0.29) is 0 Å². The molecule has 0 unspecified atom stereocenters. The fraction of sp³-hybridized carbons (Fsp3) is 0.133. The zero-order valence-corrected chi connectivity index (χ0v) is 12.1. The maximum Gasteiger partial charge on any atom is 0.188 e. The number of thiazole rings is 1. The molecule has 1 N–H and O–H groups in total. The number of nitriles is 1. The van der Waals surface area contributed by atoms with Crippen molar-refractivity contribution in [3.05, 3.63) is 42.2 Å². The molecule has 1 aromatic carbocycles. The molecule has 0 saturated heterocycles. The summed E-state index contributed by atoms with van der Waals surface area (Å²) < 4.78 is 6.52. The van der Waals surface area contributed by atoms with Crippen molar-refractivity contribution >= 4 is 32.4 Å². The van der Waals surface area contributed by atoms with Crippen LogP contribution in [0.4, 0.5) is 10.8 Å². The van der Waals surface area contributed by atoms with Gasteiger partial charge in [0.15, 0.2) is 5.13 Å². The zero-order valence-electron chi connectivity index (χ0n) is 11.3. The smallest absolute Gasteiger partial charge is 0.188 e. The van der Waals surface area contributed by atoms with Crippen molar-refractivity contribution in [3.8, 4) is 11.8 Å². The number of aromatic nitrogens is 2. The zero-order chi connectivity index (χ0) is 14.7. The summed E-state index contributed by atoms with van der Waals surface area (Å²) in [5, 5.41) is 13.0. The van der Waals surface area contributed by atoms with Crippen LogP contribution < -0.4 is 10.1 Å². The minimum atomic E-state index is 0.541. The van der Waals surface area contributed by atoms with Gasteiger partial charge in [-0.05, 0) is 31.2 Å². The first-order valence-corrected chi connectivity index (χ1v) is 7.26. The average Bonchev–Trinajstić information content (AvgIpc) is 2.89. The summed E-state index contributed by atoms with van der Waals surface area (Å²) in [4.78, 5) is 8.52.